The highest BCUT2D eigenvalue weighted by Gasteiger charge is 2.12. The molecular formula is C11H10N2O3. The molecule has 1 heterocycles. The van der Waals surface area contributed by atoms with E-state index in [9.17, 15) is 9.59 Å². The number of rotatable bonds is 2. The molecule has 82 valence electrons. The molecule has 2 N–H and O–H groups in total. The zero-order valence-electron chi connectivity index (χ0n) is 8.87. The fourth-order valence-electron chi connectivity index (χ4n) is 1.65. The molecule has 2 rings (SSSR count). The summed E-state index contributed by atoms with van der Waals surface area (Å²) in [5.41, 5.74) is 2.49. The zero-order chi connectivity index (χ0) is 11.9. The van der Waals surface area contributed by atoms with E-state index in [1.165, 1.54) is 6.92 Å². The third-order valence-electron chi connectivity index (χ3n) is 2.41. The van der Waals surface area contributed by atoms with Gasteiger partial charge < -0.3 is 10.1 Å². The van der Waals surface area contributed by atoms with Gasteiger partial charge in [-0.25, -0.2) is 9.78 Å². The fourth-order valence-corrected chi connectivity index (χ4v) is 1.65. The van der Waals surface area contributed by atoms with Gasteiger partial charge in [-0.3, -0.25) is 4.79 Å². The van der Waals surface area contributed by atoms with Crippen LogP contribution in [0.1, 0.15) is 33.5 Å². The number of aromatic amines is 1. The van der Waals surface area contributed by atoms with Gasteiger partial charge in [0.15, 0.2) is 5.78 Å². The number of carboxylic acid groups (broad SMARTS) is 1. The first kappa shape index (κ1) is 10.4. The Kier molecular flexibility index (Phi) is 2.23. The van der Waals surface area contributed by atoms with Crippen molar-refractivity contribution in [2.24, 2.45) is 0 Å². The van der Waals surface area contributed by atoms with E-state index in [-0.39, 0.29) is 11.6 Å². The van der Waals surface area contributed by atoms with Gasteiger partial charge in [0.1, 0.15) is 0 Å². The lowest BCUT2D eigenvalue weighted by atomic mass is 10.0. The quantitative estimate of drug-likeness (QED) is 0.752. The number of carboxylic acids is 1. The summed E-state index contributed by atoms with van der Waals surface area (Å²) in [6.07, 6.45) is 0. The van der Waals surface area contributed by atoms with Gasteiger partial charge in [-0.15, -0.1) is 0 Å². The Bertz CT molecular complexity index is 599. The molecule has 1 aromatic carbocycles. The number of fused-ring (bicyclic) bond motifs is 1. The maximum Gasteiger partial charge on any atom is 0.371 e. The number of carbonyl (C=O) groups is 2. The smallest absolute Gasteiger partial charge is 0.371 e. The van der Waals surface area contributed by atoms with Crippen LogP contribution in [0.25, 0.3) is 11.0 Å². The van der Waals surface area contributed by atoms with Gasteiger partial charge in [0.25, 0.3) is 0 Å². The van der Waals surface area contributed by atoms with Crippen LogP contribution in [0, 0.1) is 6.92 Å². The molecule has 5 heteroatoms. The van der Waals surface area contributed by atoms with Gasteiger partial charge in [-0.2, -0.15) is 0 Å². The molecule has 0 saturated heterocycles. The summed E-state index contributed by atoms with van der Waals surface area (Å²) in [6.45, 7) is 3.27. The maximum absolute atomic E-state index is 11.3. The molecule has 0 saturated carbocycles. The Labute approximate surface area is 91.1 Å². The second-order valence-corrected chi connectivity index (χ2v) is 3.63. The molecule has 1 aromatic heterocycles. The maximum atomic E-state index is 11.3. The average Bonchev–Trinajstić information content (AvgIpc) is 2.58. The van der Waals surface area contributed by atoms with Crippen molar-refractivity contribution in [2.75, 3.05) is 0 Å². The highest BCUT2D eigenvalue weighted by Crippen LogP contribution is 2.18. The first-order valence-electron chi connectivity index (χ1n) is 4.73. The summed E-state index contributed by atoms with van der Waals surface area (Å²) in [6, 6.07) is 3.33. The summed E-state index contributed by atoms with van der Waals surface area (Å²) in [5, 5.41) is 8.77. The number of aryl methyl sites for hydroxylation is 1. The van der Waals surface area contributed by atoms with E-state index >= 15 is 0 Å². The largest absolute Gasteiger partial charge is 0.475 e. The summed E-state index contributed by atoms with van der Waals surface area (Å²) in [7, 11) is 0. The summed E-state index contributed by atoms with van der Waals surface area (Å²) in [4.78, 5) is 28.6. The fraction of sp³-hybridized carbons (Fsp3) is 0.182. The molecule has 0 atom stereocenters. The lowest BCUT2D eigenvalue weighted by molar-refractivity contribution is 0.0685. The number of ketones is 1. The van der Waals surface area contributed by atoms with Crippen LogP contribution in [0.2, 0.25) is 0 Å². The number of hydrogen-bond donors (Lipinski definition) is 2. The van der Waals surface area contributed by atoms with Crippen molar-refractivity contribution in [2.45, 2.75) is 13.8 Å². The predicted octanol–water partition coefficient (Wildman–Crippen LogP) is 1.77. The van der Waals surface area contributed by atoms with E-state index < -0.39 is 5.97 Å². The molecule has 0 fully saturated rings. The van der Waals surface area contributed by atoms with Crippen molar-refractivity contribution in [1.82, 2.24) is 9.97 Å². The van der Waals surface area contributed by atoms with Crippen molar-refractivity contribution in [3.05, 3.63) is 29.1 Å². The van der Waals surface area contributed by atoms with Gasteiger partial charge in [-0.1, -0.05) is 0 Å². The average molecular weight is 218 g/mol. The van der Waals surface area contributed by atoms with Gasteiger partial charge in [0.05, 0.1) is 11.0 Å². The number of hydrogen-bond acceptors (Lipinski definition) is 3. The van der Waals surface area contributed by atoms with Crippen LogP contribution in [-0.2, 0) is 0 Å². The van der Waals surface area contributed by atoms with Crippen LogP contribution in [0.3, 0.4) is 0 Å². The van der Waals surface area contributed by atoms with E-state index in [0.717, 1.165) is 5.56 Å². The molecule has 2 aromatic rings. The summed E-state index contributed by atoms with van der Waals surface area (Å²) < 4.78 is 0. The van der Waals surface area contributed by atoms with Crippen LogP contribution in [0.5, 0.6) is 0 Å². The monoisotopic (exact) mass is 218 g/mol. The Morgan fingerprint density at radius 3 is 2.62 bits per heavy atom. The van der Waals surface area contributed by atoms with Crippen LogP contribution in [-0.4, -0.2) is 26.8 Å². The van der Waals surface area contributed by atoms with E-state index in [2.05, 4.69) is 9.97 Å². The van der Waals surface area contributed by atoms with Gasteiger partial charge in [0.2, 0.25) is 5.82 Å². The van der Waals surface area contributed by atoms with E-state index in [4.69, 9.17) is 5.11 Å². The first-order chi connectivity index (χ1) is 7.49. The normalized spacial score (nSPS) is 10.6. The molecule has 0 aliphatic rings. The molecular weight excluding hydrogens is 208 g/mol. The predicted molar refractivity (Wildman–Crippen MR) is 57.8 cm³/mol. The summed E-state index contributed by atoms with van der Waals surface area (Å²) in [5.74, 6) is -1.28. The molecule has 16 heavy (non-hydrogen) atoms. The number of imidazole rings is 1. The van der Waals surface area contributed by atoms with Crippen molar-refractivity contribution in [3.8, 4) is 0 Å². The van der Waals surface area contributed by atoms with Crippen molar-refractivity contribution in [3.63, 3.8) is 0 Å². The summed E-state index contributed by atoms with van der Waals surface area (Å²) >= 11 is 0. The SMILES string of the molecule is CC(=O)c1cc2nc(C(=O)O)[nH]c2cc1C. The number of nitrogens with one attached hydrogen (secondary N) is 1. The van der Waals surface area contributed by atoms with Crippen LogP contribution in [0.4, 0.5) is 0 Å². The number of benzene rings is 1. The standard InChI is InChI=1S/C11H10N2O3/c1-5-3-8-9(4-7(5)6(2)14)13-10(12-8)11(15)16/h3-4H,1-2H3,(H,12,13)(H,15,16). The molecule has 0 spiro atoms. The Morgan fingerprint density at radius 1 is 1.38 bits per heavy atom. The Balaban J connectivity index is 2.70. The van der Waals surface area contributed by atoms with Gasteiger partial charge >= 0.3 is 5.97 Å². The van der Waals surface area contributed by atoms with Crippen molar-refractivity contribution < 1.29 is 14.7 Å². The molecule has 0 aliphatic heterocycles. The molecule has 0 amide bonds. The zero-order valence-corrected chi connectivity index (χ0v) is 8.87. The third kappa shape index (κ3) is 1.56. The van der Waals surface area contributed by atoms with Crippen LogP contribution < -0.4 is 0 Å². The van der Waals surface area contributed by atoms with E-state index in [1.54, 1.807) is 19.1 Å². The molecule has 0 radical (unpaired) electrons. The van der Waals surface area contributed by atoms with E-state index in [0.29, 0.717) is 16.6 Å². The molecule has 5 nitrogen and oxygen atoms in total. The van der Waals surface area contributed by atoms with Crippen LogP contribution in [0.15, 0.2) is 12.1 Å². The second kappa shape index (κ2) is 3.44. The number of carbonyl (C=O) groups excluding carboxylic acids is 1. The highest BCUT2D eigenvalue weighted by atomic mass is 16.4. The Morgan fingerprint density at radius 2 is 2.06 bits per heavy atom. The number of aromatic carboxylic acids is 1. The number of aromatic nitrogens is 2. The minimum Gasteiger partial charge on any atom is -0.475 e. The minimum absolute atomic E-state index is 0.0562. The van der Waals surface area contributed by atoms with Crippen LogP contribution >= 0.6 is 0 Å². The van der Waals surface area contributed by atoms with Gasteiger partial charge in [0, 0.05) is 5.56 Å². The minimum atomic E-state index is -1.11. The van der Waals surface area contributed by atoms with E-state index in [1.807, 2.05) is 0 Å². The molecule has 0 bridgehead atoms. The van der Waals surface area contributed by atoms with Crippen molar-refractivity contribution in [1.29, 1.82) is 0 Å². The molecule has 0 unspecified atom stereocenters. The Hall–Kier alpha value is -2.17. The number of Topliss-reactive ketones (excluding diaryl/α,β-unsaturated/α-hetero) is 1. The lowest BCUT2D eigenvalue weighted by Crippen LogP contribution is -1.97. The topological polar surface area (TPSA) is 83.1 Å². The second-order valence-electron chi connectivity index (χ2n) is 3.63. The lowest BCUT2D eigenvalue weighted by Gasteiger charge is -2.00. The van der Waals surface area contributed by atoms with Gasteiger partial charge in [-0.05, 0) is 31.5 Å². The molecule has 0 aliphatic carbocycles. The first-order valence-corrected chi connectivity index (χ1v) is 4.73. The highest BCUT2D eigenvalue weighted by molar-refractivity contribution is 5.99. The third-order valence-corrected chi connectivity index (χ3v) is 2.41. The number of nitrogens with zero attached hydrogens (tertiary/aromatic N) is 1. The van der Waals surface area contributed by atoms with Crippen molar-refractivity contribution >= 4 is 22.8 Å². The number of H-pyrrole nitrogens is 1.